The summed E-state index contributed by atoms with van der Waals surface area (Å²) in [6.07, 6.45) is 0. The molecule has 0 bridgehead atoms. The highest BCUT2D eigenvalue weighted by atomic mass is 16.5. The first-order valence-corrected chi connectivity index (χ1v) is 19.4. The summed E-state index contributed by atoms with van der Waals surface area (Å²) in [6.45, 7) is 0. The first-order chi connectivity index (χ1) is 27.8. The molecule has 3 heterocycles. The van der Waals surface area contributed by atoms with Crippen molar-refractivity contribution >= 4 is 54.4 Å². The highest BCUT2D eigenvalue weighted by Gasteiger charge is 2.52. The molecular weight excluding hydrogens is 681 g/mol. The predicted octanol–water partition coefficient (Wildman–Crippen LogP) is 13.5. The van der Waals surface area contributed by atoms with Gasteiger partial charge in [0.05, 0.1) is 33.2 Å². The molecule has 9 aromatic carbocycles. The zero-order chi connectivity index (χ0) is 36.5. The van der Waals surface area contributed by atoms with Gasteiger partial charge in [-0.05, 0) is 88.1 Å². The van der Waals surface area contributed by atoms with E-state index in [1.165, 1.54) is 76.9 Å². The molecule has 11 aromatic rings. The summed E-state index contributed by atoms with van der Waals surface area (Å²) in [4.78, 5) is 0. The number of hydrogen-bond donors (Lipinski definition) is 0. The van der Waals surface area contributed by atoms with Gasteiger partial charge in [-0.25, -0.2) is 0 Å². The van der Waals surface area contributed by atoms with Crippen LogP contribution in [0.4, 0.5) is 0 Å². The molecule has 260 valence electrons. The third kappa shape index (κ3) is 3.72. The lowest BCUT2D eigenvalue weighted by Gasteiger charge is -2.39. The van der Waals surface area contributed by atoms with E-state index in [0.29, 0.717) is 0 Å². The van der Waals surface area contributed by atoms with Crippen molar-refractivity contribution in [3.63, 3.8) is 0 Å². The molecule has 3 nitrogen and oxygen atoms in total. The average molecular weight is 713 g/mol. The SMILES string of the molecule is c1ccc2c(c1)Oc1cc3ccccc3cc1C21c2cc(-n3c4ccccc4c4ccccc43)ccc2-c2c(-n3c4ccccc4c4ccccc43)cccc21. The van der Waals surface area contributed by atoms with E-state index in [4.69, 9.17) is 4.74 Å². The molecule has 0 fully saturated rings. The Morgan fingerprint density at radius 3 is 1.55 bits per heavy atom. The Morgan fingerprint density at radius 2 is 0.893 bits per heavy atom. The number of hydrogen-bond acceptors (Lipinski definition) is 1. The van der Waals surface area contributed by atoms with Crippen LogP contribution in [0.3, 0.4) is 0 Å². The molecule has 3 heteroatoms. The summed E-state index contributed by atoms with van der Waals surface area (Å²) < 4.78 is 11.9. The average Bonchev–Trinajstić information content (AvgIpc) is 3.88. The number of ether oxygens (including phenoxy) is 1. The maximum atomic E-state index is 6.93. The van der Waals surface area contributed by atoms with Gasteiger partial charge in [0.1, 0.15) is 11.5 Å². The molecule has 1 aliphatic heterocycles. The van der Waals surface area contributed by atoms with Crippen LogP contribution in [0.2, 0.25) is 0 Å². The van der Waals surface area contributed by atoms with E-state index in [9.17, 15) is 0 Å². The maximum Gasteiger partial charge on any atom is 0.132 e. The molecule has 1 unspecified atom stereocenters. The zero-order valence-electron chi connectivity index (χ0n) is 30.3. The minimum absolute atomic E-state index is 0.664. The van der Waals surface area contributed by atoms with Gasteiger partial charge in [-0.1, -0.05) is 133 Å². The predicted molar refractivity (Wildman–Crippen MR) is 230 cm³/mol. The molecule has 2 aliphatic rings. The zero-order valence-corrected chi connectivity index (χ0v) is 30.3. The fourth-order valence-electron chi connectivity index (χ4n) is 10.4. The number of rotatable bonds is 2. The number of fused-ring (bicyclic) bond motifs is 16. The summed E-state index contributed by atoms with van der Waals surface area (Å²) in [5.41, 5.74) is 13.8. The fourth-order valence-corrected chi connectivity index (χ4v) is 10.4. The molecule has 0 saturated carbocycles. The topological polar surface area (TPSA) is 19.1 Å². The van der Waals surface area contributed by atoms with Crippen LogP contribution in [-0.2, 0) is 5.41 Å². The second-order valence-electron chi connectivity index (χ2n) is 15.2. The van der Waals surface area contributed by atoms with Crippen molar-refractivity contribution in [2.45, 2.75) is 5.41 Å². The van der Waals surface area contributed by atoms with Gasteiger partial charge in [0, 0.05) is 43.9 Å². The molecule has 0 N–H and O–H groups in total. The van der Waals surface area contributed by atoms with E-state index in [1.807, 2.05) is 0 Å². The second kappa shape index (κ2) is 10.9. The summed E-state index contributed by atoms with van der Waals surface area (Å²) in [7, 11) is 0. The van der Waals surface area contributed by atoms with Gasteiger partial charge in [0.25, 0.3) is 0 Å². The molecule has 56 heavy (non-hydrogen) atoms. The van der Waals surface area contributed by atoms with E-state index >= 15 is 0 Å². The standard InChI is InChI=1S/C53H32N2O/c1-2-15-34-31-51-44(30-33(34)14-1)53(41-20-7-12-27-50(41)56-51)42-21-13-26-49(55-47-24-10-5-18-38(47)39-19-6-11-25-48(39)55)52(42)40-29-28-35(32-43(40)53)54-45-22-8-3-16-36(45)37-17-4-9-23-46(37)54/h1-32H. The third-order valence-corrected chi connectivity index (χ3v) is 12.5. The Morgan fingerprint density at radius 1 is 0.357 bits per heavy atom. The van der Waals surface area contributed by atoms with Gasteiger partial charge in [-0.2, -0.15) is 0 Å². The highest BCUT2D eigenvalue weighted by molar-refractivity contribution is 6.11. The fraction of sp³-hybridized carbons (Fsp3) is 0.0189. The van der Waals surface area contributed by atoms with Crippen LogP contribution in [-0.4, -0.2) is 9.13 Å². The van der Waals surface area contributed by atoms with E-state index < -0.39 is 5.41 Å². The summed E-state index contributed by atoms with van der Waals surface area (Å²) in [6, 6.07) is 71.3. The van der Waals surface area contributed by atoms with Crippen molar-refractivity contribution in [2.75, 3.05) is 0 Å². The number of nitrogens with zero attached hydrogens (tertiary/aromatic N) is 2. The molecule has 1 aliphatic carbocycles. The van der Waals surface area contributed by atoms with Gasteiger partial charge in [-0.15, -0.1) is 0 Å². The molecule has 2 aromatic heterocycles. The van der Waals surface area contributed by atoms with Crippen LogP contribution in [0.25, 0.3) is 76.9 Å². The second-order valence-corrected chi connectivity index (χ2v) is 15.2. The molecule has 0 saturated heterocycles. The minimum Gasteiger partial charge on any atom is -0.457 e. The normalized spacial score (nSPS) is 15.4. The monoisotopic (exact) mass is 712 g/mol. The van der Waals surface area contributed by atoms with E-state index in [1.54, 1.807) is 0 Å². The summed E-state index contributed by atoms with van der Waals surface area (Å²) >= 11 is 0. The maximum absolute atomic E-state index is 6.93. The van der Waals surface area contributed by atoms with Crippen molar-refractivity contribution in [1.29, 1.82) is 0 Å². The number of para-hydroxylation sites is 5. The van der Waals surface area contributed by atoms with Gasteiger partial charge in [0.2, 0.25) is 0 Å². The first kappa shape index (κ1) is 30.0. The molecule has 0 amide bonds. The largest absolute Gasteiger partial charge is 0.457 e. The molecule has 13 rings (SSSR count). The molecular formula is C53H32N2O. The Kier molecular flexibility index (Phi) is 5.83. The first-order valence-electron chi connectivity index (χ1n) is 19.4. The summed E-state index contributed by atoms with van der Waals surface area (Å²) in [5, 5.41) is 7.37. The Hall–Kier alpha value is -7.36. The van der Waals surface area contributed by atoms with E-state index in [2.05, 4.69) is 203 Å². The van der Waals surface area contributed by atoms with Crippen LogP contribution in [0.5, 0.6) is 11.5 Å². The van der Waals surface area contributed by atoms with Crippen molar-refractivity contribution in [3.05, 3.63) is 216 Å². The lowest BCUT2D eigenvalue weighted by molar-refractivity contribution is 0.437. The van der Waals surface area contributed by atoms with Crippen molar-refractivity contribution in [3.8, 4) is 34.0 Å². The van der Waals surface area contributed by atoms with Crippen LogP contribution in [0.15, 0.2) is 194 Å². The van der Waals surface area contributed by atoms with Crippen LogP contribution in [0.1, 0.15) is 22.3 Å². The van der Waals surface area contributed by atoms with E-state index in [-0.39, 0.29) is 0 Å². The minimum atomic E-state index is -0.664. The van der Waals surface area contributed by atoms with Crippen molar-refractivity contribution in [2.24, 2.45) is 0 Å². The number of benzene rings is 9. The quantitative estimate of drug-likeness (QED) is 0.175. The smallest absolute Gasteiger partial charge is 0.132 e. The third-order valence-electron chi connectivity index (χ3n) is 12.5. The molecule has 1 spiro atoms. The molecule has 0 radical (unpaired) electrons. The Bertz CT molecular complexity index is 3370. The van der Waals surface area contributed by atoms with Crippen molar-refractivity contribution < 1.29 is 4.74 Å². The van der Waals surface area contributed by atoms with Gasteiger partial charge in [-0.3, -0.25) is 0 Å². The molecule has 1 atom stereocenters. The van der Waals surface area contributed by atoms with Crippen molar-refractivity contribution in [1.82, 2.24) is 9.13 Å². The van der Waals surface area contributed by atoms with Gasteiger partial charge in [0.15, 0.2) is 0 Å². The van der Waals surface area contributed by atoms with Crippen LogP contribution in [0, 0.1) is 0 Å². The number of aromatic nitrogens is 2. The Balaban J connectivity index is 1.21. The highest BCUT2D eigenvalue weighted by Crippen LogP contribution is 2.64. The summed E-state index contributed by atoms with van der Waals surface area (Å²) in [5.74, 6) is 1.78. The lowest BCUT2D eigenvalue weighted by Crippen LogP contribution is -2.32. The van der Waals surface area contributed by atoms with Gasteiger partial charge < -0.3 is 13.9 Å². The van der Waals surface area contributed by atoms with E-state index in [0.717, 1.165) is 33.7 Å². The lowest BCUT2D eigenvalue weighted by atomic mass is 9.65. The Labute approximate surface area is 322 Å². The van der Waals surface area contributed by atoms with Gasteiger partial charge >= 0.3 is 0 Å². The van der Waals surface area contributed by atoms with Crippen LogP contribution >= 0.6 is 0 Å². The van der Waals surface area contributed by atoms with Crippen LogP contribution < -0.4 is 4.74 Å².